The Morgan fingerprint density at radius 3 is 3.05 bits per heavy atom. The molecule has 0 radical (unpaired) electrons. The van der Waals surface area contributed by atoms with Crippen molar-refractivity contribution in [3.63, 3.8) is 0 Å². The lowest BCUT2D eigenvalue weighted by atomic mass is 9.95. The van der Waals surface area contributed by atoms with Gasteiger partial charge in [0.2, 0.25) is 0 Å². The molecule has 3 atom stereocenters. The van der Waals surface area contributed by atoms with Gasteiger partial charge in [-0.05, 0) is 37.8 Å². The molecule has 0 spiro atoms. The maximum atomic E-state index is 6.07. The molecule has 2 fully saturated rings. The SMILES string of the molecule is Cc1cnc2c(c1)nc(CCl)n2C1CC2CCC1O2. The number of hydrogen-bond donors (Lipinski definition) is 0. The fourth-order valence-corrected chi connectivity index (χ4v) is 3.64. The van der Waals surface area contributed by atoms with E-state index >= 15 is 0 Å². The van der Waals surface area contributed by atoms with E-state index in [1.165, 1.54) is 6.42 Å². The van der Waals surface area contributed by atoms with Crippen molar-refractivity contribution in [2.45, 2.75) is 50.3 Å². The van der Waals surface area contributed by atoms with E-state index in [1.54, 1.807) is 0 Å². The molecule has 0 aromatic carbocycles. The Morgan fingerprint density at radius 2 is 2.37 bits per heavy atom. The predicted octanol–water partition coefficient (Wildman–Crippen LogP) is 2.97. The Morgan fingerprint density at radius 1 is 1.47 bits per heavy atom. The summed E-state index contributed by atoms with van der Waals surface area (Å²) in [5.41, 5.74) is 3.02. The zero-order valence-electron chi connectivity index (χ0n) is 10.8. The lowest BCUT2D eigenvalue weighted by molar-refractivity contribution is 0.0939. The second-order valence-corrected chi connectivity index (χ2v) is 5.83. The zero-order chi connectivity index (χ0) is 13.0. The highest BCUT2D eigenvalue weighted by atomic mass is 35.5. The first kappa shape index (κ1) is 11.7. The molecule has 3 unspecified atom stereocenters. The number of rotatable bonds is 2. The van der Waals surface area contributed by atoms with E-state index in [2.05, 4.69) is 20.6 Å². The molecule has 100 valence electrons. The monoisotopic (exact) mass is 277 g/mol. The minimum atomic E-state index is 0.312. The molecule has 2 bridgehead atoms. The van der Waals surface area contributed by atoms with Crippen LogP contribution in [0.4, 0.5) is 0 Å². The largest absolute Gasteiger partial charge is 0.373 e. The molecule has 0 aliphatic carbocycles. The summed E-state index contributed by atoms with van der Waals surface area (Å²) in [7, 11) is 0. The van der Waals surface area contributed by atoms with Crippen LogP contribution < -0.4 is 0 Å². The van der Waals surface area contributed by atoms with Crippen LogP contribution >= 0.6 is 11.6 Å². The molecule has 2 aromatic rings. The Balaban J connectivity index is 1.88. The summed E-state index contributed by atoms with van der Waals surface area (Å²) in [6.07, 6.45) is 6.02. The Bertz CT molecular complexity index is 639. The molecule has 0 saturated carbocycles. The predicted molar refractivity (Wildman–Crippen MR) is 73.4 cm³/mol. The number of hydrogen-bond acceptors (Lipinski definition) is 3. The van der Waals surface area contributed by atoms with Crippen molar-refractivity contribution in [2.24, 2.45) is 0 Å². The third-order valence-electron chi connectivity index (χ3n) is 4.26. The molecule has 5 heteroatoms. The average Bonchev–Trinajstić information content (AvgIpc) is 3.09. The first-order valence-electron chi connectivity index (χ1n) is 6.81. The number of nitrogens with zero attached hydrogens (tertiary/aromatic N) is 3. The van der Waals surface area contributed by atoms with Gasteiger partial charge in [-0.1, -0.05) is 0 Å². The Hall–Kier alpha value is -1.13. The van der Waals surface area contributed by atoms with Crippen molar-refractivity contribution in [1.82, 2.24) is 14.5 Å². The number of imidazole rings is 1. The van der Waals surface area contributed by atoms with Gasteiger partial charge in [-0.3, -0.25) is 0 Å². The van der Waals surface area contributed by atoms with Crippen molar-refractivity contribution in [2.75, 3.05) is 0 Å². The van der Waals surface area contributed by atoms with Crippen LogP contribution in [0.5, 0.6) is 0 Å². The number of fused-ring (bicyclic) bond motifs is 3. The Labute approximate surface area is 116 Å². The van der Waals surface area contributed by atoms with Crippen LogP contribution in [0.3, 0.4) is 0 Å². The maximum absolute atomic E-state index is 6.07. The average molecular weight is 278 g/mol. The number of ether oxygens (including phenoxy) is 1. The van der Waals surface area contributed by atoms with Crippen LogP contribution in [0, 0.1) is 6.92 Å². The number of aryl methyl sites for hydroxylation is 1. The van der Waals surface area contributed by atoms with Crippen LogP contribution in [-0.4, -0.2) is 26.7 Å². The van der Waals surface area contributed by atoms with E-state index in [9.17, 15) is 0 Å². The minimum Gasteiger partial charge on any atom is -0.373 e. The van der Waals surface area contributed by atoms with E-state index in [1.807, 2.05) is 13.1 Å². The van der Waals surface area contributed by atoms with E-state index in [0.717, 1.165) is 35.4 Å². The summed E-state index contributed by atoms with van der Waals surface area (Å²) in [6.45, 7) is 2.03. The fourth-order valence-electron chi connectivity index (χ4n) is 3.46. The maximum Gasteiger partial charge on any atom is 0.160 e. The van der Waals surface area contributed by atoms with Crippen LogP contribution in [-0.2, 0) is 10.6 Å². The van der Waals surface area contributed by atoms with Gasteiger partial charge in [-0.15, -0.1) is 11.6 Å². The number of alkyl halides is 1. The van der Waals surface area contributed by atoms with E-state index < -0.39 is 0 Å². The molecule has 4 nitrogen and oxygen atoms in total. The van der Waals surface area contributed by atoms with Gasteiger partial charge >= 0.3 is 0 Å². The van der Waals surface area contributed by atoms with Gasteiger partial charge in [-0.2, -0.15) is 0 Å². The molecular weight excluding hydrogens is 262 g/mol. The molecule has 4 rings (SSSR count). The quantitative estimate of drug-likeness (QED) is 0.793. The van der Waals surface area contributed by atoms with E-state index in [4.69, 9.17) is 16.3 Å². The molecule has 19 heavy (non-hydrogen) atoms. The van der Waals surface area contributed by atoms with Crippen LogP contribution in [0.25, 0.3) is 11.2 Å². The summed E-state index contributed by atoms with van der Waals surface area (Å²) >= 11 is 6.07. The molecule has 2 aliphatic heterocycles. The first-order valence-corrected chi connectivity index (χ1v) is 7.34. The third-order valence-corrected chi connectivity index (χ3v) is 4.50. The molecule has 2 saturated heterocycles. The van der Waals surface area contributed by atoms with E-state index in [0.29, 0.717) is 24.1 Å². The van der Waals surface area contributed by atoms with Crippen molar-refractivity contribution in [1.29, 1.82) is 0 Å². The number of halogens is 1. The summed E-state index contributed by atoms with van der Waals surface area (Å²) in [4.78, 5) is 9.20. The van der Waals surface area contributed by atoms with E-state index in [-0.39, 0.29) is 0 Å². The normalized spacial score (nSPS) is 29.5. The topological polar surface area (TPSA) is 39.9 Å². The highest BCUT2D eigenvalue weighted by Gasteiger charge is 2.43. The second-order valence-electron chi connectivity index (χ2n) is 5.56. The highest BCUT2D eigenvalue weighted by molar-refractivity contribution is 6.16. The zero-order valence-corrected chi connectivity index (χ0v) is 11.6. The van der Waals surface area contributed by atoms with Gasteiger partial charge in [0.05, 0.1) is 24.1 Å². The van der Waals surface area contributed by atoms with Crippen LogP contribution in [0.15, 0.2) is 12.3 Å². The van der Waals surface area contributed by atoms with Crippen molar-refractivity contribution in [3.8, 4) is 0 Å². The summed E-state index contributed by atoms with van der Waals surface area (Å²) in [5, 5.41) is 0. The standard InChI is InChI=1S/C14H16ClN3O/c1-8-4-10-14(16-7-8)18(13(6-15)17-10)11-5-9-2-3-12(11)19-9/h4,7,9,11-12H,2-3,5-6H2,1H3. The van der Waals surface area contributed by atoms with Gasteiger partial charge in [0.15, 0.2) is 5.65 Å². The van der Waals surface area contributed by atoms with Gasteiger partial charge in [0, 0.05) is 6.20 Å². The van der Waals surface area contributed by atoms with Gasteiger partial charge in [-0.25, -0.2) is 9.97 Å². The second kappa shape index (κ2) is 4.18. The van der Waals surface area contributed by atoms with Gasteiger partial charge in [0.25, 0.3) is 0 Å². The molecule has 4 heterocycles. The van der Waals surface area contributed by atoms with Crippen molar-refractivity contribution in [3.05, 3.63) is 23.7 Å². The molecular formula is C14H16ClN3O. The summed E-state index contributed by atoms with van der Waals surface area (Å²) in [5.74, 6) is 1.33. The lowest BCUT2D eigenvalue weighted by Crippen LogP contribution is -2.22. The third kappa shape index (κ3) is 1.70. The van der Waals surface area contributed by atoms with Gasteiger partial charge < -0.3 is 9.30 Å². The van der Waals surface area contributed by atoms with Crippen molar-refractivity contribution < 1.29 is 4.74 Å². The highest BCUT2D eigenvalue weighted by Crippen LogP contribution is 2.43. The summed E-state index contributed by atoms with van der Waals surface area (Å²) in [6, 6.07) is 2.43. The van der Waals surface area contributed by atoms with Crippen molar-refractivity contribution >= 4 is 22.8 Å². The fraction of sp³-hybridized carbons (Fsp3) is 0.571. The summed E-state index contributed by atoms with van der Waals surface area (Å²) < 4.78 is 8.18. The number of pyridine rings is 1. The molecule has 0 N–H and O–H groups in total. The van der Waals surface area contributed by atoms with Gasteiger partial charge in [0.1, 0.15) is 11.3 Å². The van der Waals surface area contributed by atoms with Crippen LogP contribution in [0.2, 0.25) is 0 Å². The molecule has 0 amide bonds. The molecule has 2 aromatic heterocycles. The lowest BCUT2D eigenvalue weighted by Gasteiger charge is -2.22. The Kier molecular flexibility index (Phi) is 2.57. The first-order chi connectivity index (χ1) is 9.26. The number of aromatic nitrogens is 3. The molecule has 2 aliphatic rings. The smallest absolute Gasteiger partial charge is 0.160 e. The van der Waals surface area contributed by atoms with Crippen LogP contribution in [0.1, 0.15) is 36.7 Å². The minimum absolute atomic E-state index is 0.312.